The Kier molecular flexibility index (Phi) is 6.48. The SMILES string of the molecule is Cc1ccc(OCC(=O)NCC(c2ccsc2)N2CCCCC2)cc1. The zero-order chi connectivity index (χ0) is 17.5. The Labute approximate surface area is 153 Å². The maximum Gasteiger partial charge on any atom is 0.258 e. The summed E-state index contributed by atoms with van der Waals surface area (Å²) in [4.78, 5) is 14.7. The van der Waals surface area contributed by atoms with Crippen molar-refractivity contribution in [2.45, 2.75) is 32.2 Å². The molecule has 1 fully saturated rings. The number of thiophene rings is 1. The van der Waals surface area contributed by atoms with Crippen LogP contribution < -0.4 is 10.1 Å². The summed E-state index contributed by atoms with van der Waals surface area (Å²) >= 11 is 1.71. The van der Waals surface area contributed by atoms with Crippen molar-refractivity contribution in [2.75, 3.05) is 26.2 Å². The van der Waals surface area contributed by atoms with Gasteiger partial charge in [-0.2, -0.15) is 11.3 Å². The predicted molar refractivity (Wildman–Crippen MR) is 102 cm³/mol. The fraction of sp³-hybridized carbons (Fsp3) is 0.450. The van der Waals surface area contributed by atoms with E-state index in [1.807, 2.05) is 31.2 Å². The zero-order valence-electron chi connectivity index (χ0n) is 14.7. The summed E-state index contributed by atoms with van der Waals surface area (Å²) in [6.45, 7) is 4.93. The number of amides is 1. The first-order chi connectivity index (χ1) is 12.2. The Morgan fingerprint density at radius 2 is 1.96 bits per heavy atom. The number of carbonyl (C=O) groups is 1. The minimum Gasteiger partial charge on any atom is -0.484 e. The number of carbonyl (C=O) groups excluding carboxylic acids is 1. The molecule has 5 heteroatoms. The van der Waals surface area contributed by atoms with Crippen LogP contribution in [0.4, 0.5) is 0 Å². The normalized spacial score (nSPS) is 16.4. The second-order valence-corrected chi connectivity index (χ2v) is 7.35. The number of benzene rings is 1. The van der Waals surface area contributed by atoms with Crippen LogP contribution in [0.2, 0.25) is 0 Å². The molecule has 1 saturated heterocycles. The van der Waals surface area contributed by atoms with Crippen molar-refractivity contribution < 1.29 is 9.53 Å². The van der Waals surface area contributed by atoms with Crippen LogP contribution in [0.1, 0.15) is 36.4 Å². The molecule has 4 nitrogen and oxygen atoms in total. The molecular formula is C20H26N2O2S. The van der Waals surface area contributed by atoms with Crippen LogP contribution in [0.5, 0.6) is 5.75 Å². The van der Waals surface area contributed by atoms with Gasteiger partial charge in [-0.3, -0.25) is 9.69 Å². The van der Waals surface area contributed by atoms with Crippen molar-refractivity contribution in [3.05, 3.63) is 52.2 Å². The topological polar surface area (TPSA) is 41.6 Å². The lowest BCUT2D eigenvalue weighted by atomic mass is 10.0. The van der Waals surface area contributed by atoms with Crippen molar-refractivity contribution in [1.82, 2.24) is 10.2 Å². The highest BCUT2D eigenvalue weighted by Crippen LogP contribution is 2.25. The summed E-state index contributed by atoms with van der Waals surface area (Å²) in [7, 11) is 0. The third-order valence-electron chi connectivity index (χ3n) is 4.64. The molecule has 134 valence electrons. The molecule has 1 aromatic carbocycles. The van der Waals surface area contributed by atoms with Crippen molar-refractivity contribution in [1.29, 1.82) is 0 Å². The smallest absolute Gasteiger partial charge is 0.258 e. The summed E-state index contributed by atoms with van der Waals surface area (Å²) in [5.74, 6) is 0.656. The molecule has 25 heavy (non-hydrogen) atoms. The molecule has 1 amide bonds. The fourth-order valence-electron chi connectivity index (χ4n) is 3.20. The lowest BCUT2D eigenvalue weighted by Crippen LogP contribution is -2.41. The van der Waals surface area contributed by atoms with Gasteiger partial charge in [0.25, 0.3) is 5.91 Å². The molecule has 1 unspecified atom stereocenters. The van der Waals surface area contributed by atoms with E-state index in [0.29, 0.717) is 6.54 Å². The van der Waals surface area contributed by atoms with E-state index in [1.165, 1.54) is 30.4 Å². The van der Waals surface area contributed by atoms with E-state index in [9.17, 15) is 4.79 Å². The third kappa shape index (κ3) is 5.31. The summed E-state index contributed by atoms with van der Waals surface area (Å²) in [6.07, 6.45) is 3.79. The first kappa shape index (κ1) is 18.0. The van der Waals surface area contributed by atoms with Crippen molar-refractivity contribution in [2.24, 2.45) is 0 Å². The number of aryl methyl sites for hydroxylation is 1. The molecule has 1 atom stereocenters. The van der Waals surface area contributed by atoms with Gasteiger partial charge in [-0.15, -0.1) is 0 Å². The van der Waals surface area contributed by atoms with Crippen LogP contribution in [0, 0.1) is 6.92 Å². The highest BCUT2D eigenvalue weighted by atomic mass is 32.1. The number of ether oxygens (including phenoxy) is 1. The molecule has 0 saturated carbocycles. The van der Waals surface area contributed by atoms with E-state index < -0.39 is 0 Å². The number of hydrogen-bond donors (Lipinski definition) is 1. The second-order valence-electron chi connectivity index (χ2n) is 6.57. The Hall–Kier alpha value is -1.85. The van der Waals surface area contributed by atoms with Gasteiger partial charge in [0.15, 0.2) is 6.61 Å². The molecule has 0 radical (unpaired) electrons. The van der Waals surface area contributed by atoms with Crippen LogP contribution in [-0.2, 0) is 4.79 Å². The second kappa shape index (κ2) is 9.02. The van der Waals surface area contributed by atoms with Crippen LogP contribution in [0.15, 0.2) is 41.1 Å². The van der Waals surface area contributed by atoms with Gasteiger partial charge in [0, 0.05) is 6.54 Å². The van der Waals surface area contributed by atoms with Gasteiger partial charge in [-0.25, -0.2) is 0 Å². The van der Waals surface area contributed by atoms with Crippen LogP contribution in [0.3, 0.4) is 0 Å². The van der Waals surface area contributed by atoms with Gasteiger partial charge >= 0.3 is 0 Å². The van der Waals surface area contributed by atoms with Crippen molar-refractivity contribution in [3.63, 3.8) is 0 Å². The maximum atomic E-state index is 12.2. The van der Waals surface area contributed by atoms with E-state index in [-0.39, 0.29) is 18.6 Å². The Morgan fingerprint density at radius 1 is 1.20 bits per heavy atom. The molecule has 0 spiro atoms. The average molecular weight is 359 g/mol. The Balaban J connectivity index is 1.51. The minimum absolute atomic E-state index is 0.0550. The molecule has 1 N–H and O–H groups in total. The molecule has 1 aliphatic heterocycles. The molecular weight excluding hydrogens is 332 g/mol. The summed E-state index contributed by atoms with van der Waals surface area (Å²) in [6, 6.07) is 10.2. The standard InChI is InChI=1S/C20H26N2O2S/c1-16-5-7-18(8-6-16)24-14-20(23)21-13-19(17-9-12-25-15-17)22-10-3-2-4-11-22/h5-9,12,15,19H,2-4,10-11,13-14H2,1H3,(H,21,23). The number of nitrogens with zero attached hydrogens (tertiary/aromatic N) is 1. The number of likely N-dealkylation sites (tertiary alicyclic amines) is 1. The summed E-state index contributed by atoms with van der Waals surface area (Å²) < 4.78 is 5.57. The summed E-state index contributed by atoms with van der Waals surface area (Å²) in [5, 5.41) is 7.34. The highest BCUT2D eigenvalue weighted by molar-refractivity contribution is 7.07. The zero-order valence-corrected chi connectivity index (χ0v) is 15.6. The average Bonchev–Trinajstić information content (AvgIpc) is 3.17. The van der Waals surface area contributed by atoms with Crippen LogP contribution >= 0.6 is 11.3 Å². The lowest BCUT2D eigenvalue weighted by molar-refractivity contribution is -0.123. The Bertz CT molecular complexity index is 649. The maximum absolute atomic E-state index is 12.2. The van der Waals surface area contributed by atoms with Crippen molar-refractivity contribution >= 4 is 17.2 Å². The number of nitrogens with one attached hydrogen (secondary N) is 1. The quantitative estimate of drug-likeness (QED) is 0.819. The van der Waals surface area contributed by atoms with Crippen LogP contribution in [0.25, 0.3) is 0 Å². The third-order valence-corrected chi connectivity index (χ3v) is 5.34. The number of hydrogen-bond acceptors (Lipinski definition) is 4. The van der Waals surface area contributed by atoms with E-state index in [1.54, 1.807) is 11.3 Å². The van der Waals surface area contributed by atoms with Crippen LogP contribution in [-0.4, -0.2) is 37.0 Å². The number of piperidine rings is 1. The molecule has 0 bridgehead atoms. The Morgan fingerprint density at radius 3 is 2.64 bits per heavy atom. The molecule has 2 aromatic rings. The summed E-state index contributed by atoms with van der Waals surface area (Å²) in [5.41, 5.74) is 2.48. The predicted octanol–water partition coefficient (Wildman–Crippen LogP) is 3.78. The van der Waals surface area contributed by atoms with Gasteiger partial charge in [-0.1, -0.05) is 24.1 Å². The fourth-order valence-corrected chi connectivity index (χ4v) is 3.90. The largest absolute Gasteiger partial charge is 0.484 e. The van der Waals surface area contributed by atoms with E-state index in [2.05, 4.69) is 27.0 Å². The molecule has 0 aliphatic carbocycles. The van der Waals surface area contributed by atoms with Crippen molar-refractivity contribution in [3.8, 4) is 5.75 Å². The van der Waals surface area contributed by atoms with Gasteiger partial charge < -0.3 is 10.1 Å². The van der Waals surface area contributed by atoms with E-state index >= 15 is 0 Å². The van der Waals surface area contributed by atoms with Gasteiger partial charge in [0.05, 0.1) is 6.04 Å². The highest BCUT2D eigenvalue weighted by Gasteiger charge is 2.23. The molecule has 2 heterocycles. The van der Waals surface area contributed by atoms with E-state index in [4.69, 9.17) is 4.74 Å². The monoisotopic (exact) mass is 358 g/mol. The molecule has 3 rings (SSSR count). The van der Waals surface area contributed by atoms with Gasteiger partial charge in [-0.05, 0) is 67.4 Å². The first-order valence-corrected chi connectivity index (χ1v) is 9.89. The lowest BCUT2D eigenvalue weighted by Gasteiger charge is -2.34. The molecule has 1 aromatic heterocycles. The van der Waals surface area contributed by atoms with E-state index in [0.717, 1.165) is 18.8 Å². The molecule has 1 aliphatic rings. The van der Waals surface area contributed by atoms with Gasteiger partial charge in [0.2, 0.25) is 0 Å². The van der Waals surface area contributed by atoms with Gasteiger partial charge in [0.1, 0.15) is 5.75 Å². The number of rotatable bonds is 7. The minimum atomic E-state index is -0.0715. The first-order valence-electron chi connectivity index (χ1n) is 8.95.